The molecule has 0 saturated heterocycles. The molecule has 0 aliphatic carbocycles. The summed E-state index contributed by atoms with van der Waals surface area (Å²) in [6, 6.07) is 13.9. The van der Waals surface area contributed by atoms with Crippen LogP contribution in [0.5, 0.6) is 5.75 Å². The van der Waals surface area contributed by atoms with E-state index in [0.717, 1.165) is 29.5 Å². The van der Waals surface area contributed by atoms with Crippen LogP contribution >= 0.6 is 0 Å². The topological polar surface area (TPSA) is 58.5 Å². The minimum absolute atomic E-state index is 0.235. The summed E-state index contributed by atoms with van der Waals surface area (Å²) in [5.74, 6) is 1.64. The zero-order chi connectivity index (χ0) is 18.1. The SMILES string of the molecule is CCNC(=NCc1ccccc1OC(C)(C)C)NCc1ccccn1. The van der Waals surface area contributed by atoms with Crippen molar-refractivity contribution in [3.63, 3.8) is 0 Å². The number of rotatable bonds is 6. The number of guanidine groups is 1. The Hall–Kier alpha value is -2.56. The lowest BCUT2D eigenvalue weighted by atomic mass is 10.1. The van der Waals surface area contributed by atoms with Crippen molar-refractivity contribution in [3.8, 4) is 5.75 Å². The molecule has 0 atom stereocenters. The normalized spacial score (nSPS) is 11.9. The average molecular weight is 340 g/mol. The largest absolute Gasteiger partial charge is 0.488 e. The van der Waals surface area contributed by atoms with E-state index in [9.17, 15) is 0 Å². The zero-order valence-corrected chi connectivity index (χ0v) is 15.5. The van der Waals surface area contributed by atoms with Gasteiger partial charge < -0.3 is 15.4 Å². The van der Waals surface area contributed by atoms with E-state index in [1.807, 2.05) is 63.2 Å². The Morgan fingerprint density at radius 1 is 1.08 bits per heavy atom. The van der Waals surface area contributed by atoms with Crippen LogP contribution in [0.25, 0.3) is 0 Å². The summed E-state index contributed by atoms with van der Waals surface area (Å²) in [5.41, 5.74) is 1.80. The quantitative estimate of drug-likeness (QED) is 0.624. The van der Waals surface area contributed by atoms with E-state index in [-0.39, 0.29) is 5.60 Å². The second-order valence-corrected chi connectivity index (χ2v) is 6.69. The van der Waals surface area contributed by atoms with E-state index in [2.05, 4.69) is 27.5 Å². The first-order chi connectivity index (χ1) is 12.0. The number of ether oxygens (including phenoxy) is 1. The molecule has 2 aromatic rings. The fraction of sp³-hybridized carbons (Fsp3) is 0.400. The minimum atomic E-state index is -0.235. The summed E-state index contributed by atoms with van der Waals surface area (Å²) < 4.78 is 6.03. The van der Waals surface area contributed by atoms with Crippen molar-refractivity contribution >= 4 is 5.96 Å². The van der Waals surface area contributed by atoms with Crippen LogP contribution < -0.4 is 15.4 Å². The van der Waals surface area contributed by atoms with Crippen molar-refractivity contribution in [3.05, 3.63) is 59.9 Å². The Labute approximate surface area is 150 Å². The summed E-state index contributed by atoms with van der Waals surface area (Å²) in [6.45, 7) is 10.2. The first-order valence-electron chi connectivity index (χ1n) is 8.67. The van der Waals surface area contributed by atoms with E-state index in [4.69, 9.17) is 4.74 Å². The van der Waals surface area contributed by atoms with Crippen molar-refractivity contribution in [2.24, 2.45) is 4.99 Å². The number of benzene rings is 1. The van der Waals surface area contributed by atoms with Gasteiger partial charge in [0.2, 0.25) is 0 Å². The molecule has 0 amide bonds. The van der Waals surface area contributed by atoms with E-state index >= 15 is 0 Å². The number of aromatic nitrogens is 1. The Balaban J connectivity index is 2.05. The molecule has 0 saturated carbocycles. The van der Waals surface area contributed by atoms with E-state index in [0.29, 0.717) is 13.1 Å². The van der Waals surface area contributed by atoms with Crippen LogP contribution in [0.4, 0.5) is 0 Å². The molecule has 0 fully saturated rings. The first-order valence-corrected chi connectivity index (χ1v) is 8.67. The minimum Gasteiger partial charge on any atom is -0.488 e. The van der Waals surface area contributed by atoms with Gasteiger partial charge in [-0.05, 0) is 45.9 Å². The molecule has 2 N–H and O–H groups in total. The van der Waals surface area contributed by atoms with Gasteiger partial charge in [-0.1, -0.05) is 24.3 Å². The smallest absolute Gasteiger partial charge is 0.191 e. The highest BCUT2D eigenvalue weighted by Crippen LogP contribution is 2.23. The van der Waals surface area contributed by atoms with Gasteiger partial charge in [0.25, 0.3) is 0 Å². The monoisotopic (exact) mass is 340 g/mol. The number of hydrogen-bond donors (Lipinski definition) is 2. The molecule has 2 rings (SSSR count). The van der Waals surface area contributed by atoms with Crippen molar-refractivity contribution < 1.29 is 4.74 Å². The first kappa shape index (κ1) is 18.8. The fourth-order valence-corrected chi connectivity index (χ4v) is 2.25. The second-order valence-electron chi connectivity index (χ2n) is 6.69. The molecular formula is C20H28N4O. The van der Waals surface area contributed by atoms with Gasteiger partial charge in [0, 0.05) is 18.3 Å². The number of nitrogens with one attached hydrogen (secondary N) is 2. The van der Waals surface area contributed by atoms with E-state index in [1.165, 1.54) is 0 Å². The van der Waals surface area contributed by atoms with Crippen LogP contribution in [0, 0.1) is 0 Å². The van der Waals surface area contributed by atoms with Gasteiger partial charge in [-0.3, -0.25) is 4.98 Å². The number of pyridine rings is 1. The Morgan fingerprint density at radius 3 is 2.52 bits per heavy atom. The zero-order valence-electron chi connectivity index (χ0n) is 15.5. The second kappa shape index (κ2) is 9.06. The lowest BCUT2D eigenvalue weighted by Gasteiger charge is -2.23. The molecular weight excluding hydrogens is 312 g/mol. The molecule has 134 valence electrons. The molecule has 25 heavy (non-hydrogen) atoms. The molecule has 1 aromatic heterocycles. The highest BCUT2D eigenvalue weighted by atomic mass is 16.5. The van der Waals surface area contributed by atoms with E-state index < -0.39 is 0 Å². The maximum absolute atomic E-state index is 6.03. The molecule has 0 aliphatic rings. The maximum atomic E-state index is 6.03. The van der Waals surface area contributed by atoms with E-state index in [1.54, 1.807) is 6.20 Å². The molecule has 0 radical (unpaired) electrons. The predicted octanol–water partition coefficient (Wildman–Crippen LogP) is 3.51. The molecule has 5 heteroatoms. The lowest BCUT2D eigenvalue weighted by Crippen LogP contribution is -2.37. The summed E-state index contributed by atoms with van der Waals surface area (Å²) >= 11 is 0. The fourth-order valence-electron chi connectivity index (χ4n) is 2.25. The summed E-state index contributed by atoms with van der Waals surface area (Å²) in [6.07, 6.45) is 1.79. The number of aliphatic imine (C=N–C) groups is 1. The number of hydrogen-bond acceptors (Lipinski definition) is 3. The third-order valence-electron chi connectivity index (χ3n) is 3.30. The number of para-hydroxylation sites is 1. The Morgan fingerprint density at radius 2 is 1.84 bits per heavy atom. The standard InChI is InChI=1S/C20H28N4O/c1-5-21-19(24-15-17-11-8-9-13-22-17)23-14-16-10-6-7-12-18(16)25-20(2,3)4/h6-13H,5,14-15H2,1-4H3,(H2,21,23,24). The molecule has 0 unspecified atom stereocenters. The highest BCUT2D eigenvalue weighted by molar-refractivity contribution is 5.79. The molecule has 5 nitrogen and oxygen atoms in total. The highest BCUT2D eigenvalue weighted by Gasteiger charge is 2.14. The average Bonchev–Trinajstić information content (AvgIpc) is 2.58. The maximum Gasteiger partial charge on any atom is 0.191 e. The Bertz CT molecular complexity index is 678. The van der Waals surface area contributed by atoms with Gasteiger partial charge in [0.15, 0.2) is 5.96 Å². The molecule has 0 spiro atoms. The van der Waals surface area contributed by atoms with Gasteiger partial charge >= 0.3 is 0 Å². The third kappa shape index (κ3) is 6.83. The summed E-state index contributed by atoms with van der Waals surface area (Å²) in [4.78, 5) is 8.99. The Kier molecular flexibility index (Phi) is 6.81. The summed E-state index contributed by atoms with van der Waals surface area (Å²) in [7, 11) is 0. The predicted molar refractivity (Wildman–Crippen MR) is 103 cm³/mol. The van der Waals surface area contributed by atoms with Crippen molar-refractivity contribution in [2.45, 2.75) is 46.4 Å². The van der Waals surface area contributed by atoms with Crippen LogP contribution in [-0.4, -0.2) is 23.1 Å². The van der Waals surface area contributed by atoms with Crippen LogP contribution in [0.2, 0.25) is 0 Å². The van der Waals surface area contributed by atoms with Crippen LogP contribution in [0.1, 0.15) is 39.0 Å². The van der Waals surface area contributed by atoms with Crippen molar-refractivity contribution in [2.75, 3.05) is 6.54 Å². The van der Waals surface area contributed by atoms with Gasteiger partial charge in [-0.2, -0.15) is 0 Å². The lowest BCUT2D eigenvalue weighted by molar-refractivity contribution is 0.129. The number of nitrogens with zero attached hydrogens (tertiary/aromatic N) is 2. The van der Waals surface area contributed by atoms with Crippen LogP contribution in [0.15, 0.2) is 53.7 Å². The van der Waals surface area contributed by atoms with Crippen LogP contribution in [0.3, 0.4) is 0 Å². The molecule has 1 aromatic carbocycles. The van der Waals surface area contributed by atoms with Crippen molar-refractivity contribution in [1.29, 1.82) is 0 Å². The van der Waals surface area contributed by atoms with Crippen molar-refractivity contribution in [1.82, 2.24) is 15.6 Å². The van der Waals surface area contributed by atoms with Gasteiger partial charge in [0.1, 0.15) is 11.4 Å². The third-order valence-corrected chi connectivity index (χ3v) is 3.30. The van der Waals surface area contributed by atoms with Gasteiger partial charge in [-0.15, -0.1) is 0 Å². The van der Waals surface area contributed by atoms with Crippen LogP contribution in [-0.2, 0) is 13.1 Å². The molecule has 0 aliphatic heterocycles. The molecule has 1 heterocycles. The van der Waals surface area contributed by atoms with Gasteiger partial charge in [0.05, 0.1) is 18.8 Å². The van der Waals surface area contributed by atoms with Gasteiger partial charge in [-0.25, -0.2) is 4.99 Å². The molecule has 0 bridgehead atoms. The summed E-state index contributed by atoms with van der Waals surface area (Å²) in [5, 5.41) is 6.57.